The molecule has 5 nitrogen and oxygen atoms in total. The summed E-state index contributed by atoms with van der Waals surface area (Å²) in [5, 5.41) is 2.14. The molecule has 1 saturated heterocycles. The van der Waals surface area contributed by atoms with E-state index in [-0.39, 0.29) is 29.5 Å². The van der Waals surface area contributed by atoms with Crippen LogP contribution in [0.5, 0.6) is 0 Å². The summed E-state index contributed by atoms with van der Waals surface area (Å²) in [5.41, 5.74) is 2.50. The van der Waals surface area contributed by atoms with Crippen molar-refractivity contribution in [1.29, 1.82) is 0 Å². The molecule has 2 aliphatic heterocycles. The number of carbonyl (C=O) groups is 1. The van der Waals surface area contributed by atoms with Crippen molar-refractivity contribution >= 4 is 27.1 Å². The van der Waals surface area contributed by atoms with Gasteiger partial charge in [-0.25, -0.2) is 8.42 Å². The largest absolute Gasteiger partial charge is 0.338 e. The average molecular weight is 447 g/mol. The van der Waals surface area contributed by atoms with Gasteiger partial charge in [0.1, 0.15) is 0 Å². The minimum absolute atomic E-state index is 0.0603. The van der Waals surface area contributed by atoms with Crippen molar-refractivity contribution in [2.45, 2.75) is 44.7 Å². The number of fused-ring (bicyclic) bond motifs is 1. The van der Waals surface area contributed by atoms with E-state index < -0.39 is 9.84 Å². The lowest BCUT2D eigenvalue weighted by molar-refractivity contribution is -0.135. The highest BCUT2D eigenvalue weighted by molar-refractivity contribution is 7.91. The predicted molar refractivity (Wildman–Crippen MR) is 122 cm³/mol. The number of rotatable bonds is 7. The molecule has 2 atom stereocenters. The highest BCUT2D eigenvalue weighted by Gasteiger charge is 2.36. The fourth-order valence-electron chi connectivity index (χ4n) is 4.69. The highest BCUT2D eigenvalue weighted by Crippen LogP contribution is 2.37. The van der Waals surface area contributed by atoms with Crippen molar-refractivity contribution in [3.63, 3.8) is 0 Å². The maximum absolute atomic E-state index is 13.4. The zero-order valence-electron chi connectivity index (χ0n) is 17.5. The number of hydrogen-bond donors (Lipinski definition) is 0. The minimum atomic E-state index is -3.02. The third-order valence-electron chi connectivity index (χ3n) is 6.24. The first kappa shape index (κ1) is 21.5. The zero-order chi connectivity index (χ0) is 21.1. The second-order valence-corrected chi connectivity index (χ2v) is 11.6. The monoisotopic (exact) mass is 446 g/mol. The fourth-order valence-corrected chi connectivity index (χ4v) is 7.32. The van der Waals surface area contributed by atoms with Crippen molar-refractivity contribution in [2.24, 2.45) is 0 Å². The quantitative estimate of drug-likeness (QED) is 0.653. The molecule has 1 amide bonds. The molecule has 2 aliphatic rings. The predicted octanol–water partition coefficient (Wildman–Crippen LogP) is 3.51. The van der Waals surface area contributed by atoms with Crippen LogP contribution in [-0.4, -0.2) is 61.3 Å². The second-order valence-electron chi connectivity index (χ2n) is 8.33. The van der Waals surface area contributed by atoms with Crippen LogP contribution in [0.1, 0.15) is 48.2 Å². The summed E-state index contributed by atoms with van der Waals surface area (Å²) in [4.78, 5) is 19.0. The Labute approximate surface area is 183 Å². The normalized spacial score (nSPS) is 23.2. The first-order valence-corrected chi connectivity index (χ1v) is 13.5. The molecule has 0 spiro atoms. The molecule has 3 heterocycles. The second kappa shape index (κ2) is 9.20. The van der Waals surface area contributed by atoms with E-state index in [0.717, 1.165) is 25.8 Å². The van der Waals surface area contributed by atoms with Gasteiger partial charge in [-0.1, -0.05) is 43.7 Å². The van der Waals surface area contributed by atoms with Crippen molar-refractivity contribution in [2.75, 3.05) is 31.1 Å². The van der Waals surface area contributed by atoms with E-state index >= 15 is 0 Å². The van der Waals surface area contributed by atoms with Crippen LogP contribution in [0.2, 0.25) is 0 Å². The Balaban J connectivity index is 1.56. The first-order chi connectivity index (χ1) is 14.5. The molecule has 0 N–H and O–H groups in total. The number of nitrogens with zero attached hydrogens (tertiary/aromatic N) is 2. The standard InChI is InChI=1S/C23H30N2O3S2/c1-2-3-12-25(19-11-15-30(27,28)17-19)22(26)16-24-13-9-21-20(10-14-29-21)23(24)18-7-5-4-6-8-18/h4-8,10,14,19,23H,2-3,9,11-13,15-17H2,1H3/t19-,23+/m1/s1. The van der Waals surface area contributed by atoms with Crippen molar-refractivity contribution < 1.29 is 13.2 Å². The molecule has 2 aromatic rings. The summed E-state index contributed by atoms with van der Waals surface area (Å²) in [5.74, 6) is 0.367. The number of carbonyl (C=O) groups excluding carboxylic acids is 1. The lowest BCUT2D eigenvalue weighted by Gasteiger charge is -2.38. The van der Waals surface area contributed by atoms with Crippen LogP contribution < -0.4 is 0 Å². The van der Waals surface area contributed by atoms with E-state index in [2.05, 4.69) is 35.4 Å². The molecular formula is C23H30N2O3S2. The maximum atomic E-state index is 13.4. The molecular weight excluding hydrogens is 416 g/mol. The van der Waals surface area contributed by atoms with Crippen molar-refractivity contribution in [3.05, 3.63) is 57.8 Å². The molecule has 1 aromatic carbocycles. The van der Waals surface area contributed by atoms with Gasteiger partial charge in [-0.2, -0.15) is 0 Å². The van der Waals surface area contributed by atoms with Gasteiger partial charge >= 0.3 is 0 Å². The Morgan fingerprint density at radius 2 is 2.03 bits per heavy atom. The Morgan fingerprint density at radius 1 is 1.23 bits per heavy atom. The SMILES string of the molecule is CCCCN(C(=O)CN1CCc2sccc2[C@@H]1c1ccccc1)[C@@H]1CCS(=O)(=O)C1. The van der Waals surface area contributed by atoms with E-state index in [9.17, 15) is 13.2 Å². The van der Waals surface area contributed by atoms with E-state index in [1.54, 1.807) is 11.3 Å². The Morgan fingerprint density at radius 3 is 2.73 bits per heavy atom. The third-order valence-corrected chi connectivity index (χ3v) is 8.99. The Hall–Kier alpha value is -1.70. The molecule has 0 radical (unpaired) electrons. The lowest BCUT2D eigenvalue weighted by atomic mass is 9.93. The summed E-state index contributed by atoms with van der Waals surface area (Å²) >= 11 is 1.79. The van der Waals surface area contributed by atoms with Gasteiger partial charge in [-0.05, 0) is 41.8 Å². The Bertz CT molecular complexity index is 971. The molecule has 0 saturated carbocycles. The number of amides is 1. The molecule has 0 unspecified atom stereocenters. The van der Waals surface area contributed by atoms with Gasteiger partial charge in [0.2, 0.25) is 5.91 Å². The number of unbranched alkanes of at least 4 members (excludes halogenated alkanes) is 1. The van der Waals surface area contributed by atoms with Crippen LogP contribution in [0, 0.1) is 0 Å². The molecule has 4 rings (SSSR count). The number of hydrogen-bond acceptors (Lipinski definition) is 5. The van der Waals surface area contributed by atoms with E-state index in [4.69, 9.17) is 0 Å². The van der Waals surface area contributed by atoms with Crippen molar-refractivity contribution in [3.8, 4) is 0 Å². The lowest BCUT2D eigenvalue weighted by Crippen LogP contribution is -2.48. The average Bonchev–Trinajstić information content (AvgIpc) is 3.35. The smallest absolute Gasteiger partial charge is 0.237 e. The van der Waals surface area contributed by atoms with Gasteiger partial charge in [0, 0.05) is 24.0 Å². The van der Waals surface area contributed by atoms with Crippen LogP contribution in [0.25, 0.3) is 0 Å². The van der Waals surface area contributed by atoms with Gasteiger partial charge in [-0.3, -0.25) is 9.69 Å². The van der Waals surface area contributed by atoms with E-state index in [1.165, 1.54) is 16.0 Å². The topological polar surface area (TPSA) is 57.7 Å². The molecule has 0 aliphatic carbocycles. The van der Waals surface area contributed by atoms with E-state index in [1.807, 2.05) is 23.1 Å². The summed E-state index contributed by atoms with van der Waals surface area (Å²) < 4.78 is 24.1. The maximum Gasteiger partial charge on any atom is 0.237 e. The number of benzene rings is 1. The van der Waals surface area contributed by atoms with Crippen LogP contribution in [-0.2, 0) is 21.1 Å². The van der Waals surface area contributed by atoms with Gasteiger partial charge in [0.15, 0.2) is 9.84 Å². The minimum Gasteiger partial charge on any atom is -0.338 e. The summed E-state index contributed by atoms with van der Waals surface area (Å²) in [6.07, 6.45) is 3.40. The zero-order valence-corrected chi connectivity index (χ0v) is 19.1. The van der Waals surface area contributed by atoms with Gasteiger partial charge < -0.3 is 4.90 Å². The Kier molecular flexibility index (Phi) is 6.60. The number of thiophene rings is 1. The molecule has 0 bridgehead atoms. The fraction of sp³-hybridized carbons (Fsp3) is 0.522. The molecule has 7 heteroatoms. The summed E-state index contributed by atoms with van der Waals surface area (Å²) in [6.45, 7) is 3.91. The van der Waals surface area contributed by atoms with Gasteiger partial charge in [0.25, 0.3) is 0 Å². The van der Waals surface area contributed by atoms with Crippen molar-refractivity contribution in [1.82, 2.24) is 9.80 Å². The van der Waals surface area contributed by atoms with Crippen LogP contribution >= 0.6 is 11.3 Å². The molecule has 162 valence electrons. The van der Waals surface area contributed by atoms with Crippen LogP contribution in [0.3, 0.4) is 0 Å². The van der Waals surface area contributed by atoms with Gasteiger partial charge in [0.05, 0.1) is 24.1 Å². The highest BCUT2D eigenvalue weighted by atomic mass is 32.2. The molecule has 1 aromatic heterocycles. The molecule has 30 heavy (non-hydrogen) atoms. The summed E-state index contributed by atoms with van der Waals surface area (Å²) in [7, 11) is -3.02. The number of sulfone groups is 1. The van der Waals surface area contributed by atoms with E-state index in [0.29, 0.717) is 19.5 Å². The third kappa shape index (κ3) is 4.63. The van der Waals surface area contributed by atoms with Crippen LogP contribution in [0.15, 0.2) is 41.8 Å². The van der Waals surface area contributed by atoms with Crippen LogP contribution in [0.4, 0.5) is 0 Å². The first-order valence-electron chi connectivity index (χ1n) is 10.8. The summed E-state index contributed by atoms with van der Waals surface area (Å²) in [6, 6.07) is 12.5. The molecule has 1 fully saturated rings. The van der Waals surface area contributed by atoms with Gasteiger partial charge in [-0.15, -0.1) is 11.3 Å².